The quantitative estimate of drug-likeness (QED) is 0.565. The van der Waals surface area contributed by atoms with Crippen molar-refractivity contribution in [1.29, 1.82) is 0 Å². The SMILES string of the molecule is Cc1ccc(CC(=O)N(Cc2ccc(Br)cc2)[C@@H](C)C(=O)NC2CCCCC2)cc1C. The van der Waals surface area contributed by atoms with Crippen LogP contribution in [0.25, 0.3) is 0 Å². The smallest absolute Gasteiger partial charge is 0.242 e. The van der Waals surface area contributed by atoms with Gasteiger partial charge in [-0.2, -0.15) is 0 Å². The lowest BCUT2D eigenvalue weighted by molar-refractivity contribution is -0.140. The highest BCUT2D eigenvalue weighted by molar-refractivity contribution is 9.10. The number of rotatable bonds is 7. The molecule has 0 radical (unpaired) electrons. The second-order valence-electron chi connectivity index (χ2n) is 8.76. The molecular weight excluding hydrogens is 452 g/mol. The van der Waals surface area contributed by atoms with Crippen LogP contribution < -0.4 is 5.32 Å². The summed E-state index contributed by atoms with van der Waals surface area (Å²) in [7, 11) is 0. The van der Waals surface area contributed by atoms with Crippen LogP contribution >= 0.6 is 15.9 Å². The zero-order valence-corrected chi connectivity index (χ0v) is 20.4. The standard InChI is InChI=1S/C26H33BrN2O2/c1-18-9-10-22(15-19(18)2)16-25(30)29(17-21-11-13-23(27)14-12-21)20(3)26(31)28-24-7-5-4-6-8-24/h9-15,20,24H,4-8,16-17H2,1-3H3,(H,28,31)/t20-/m0/s1. The van der Waals surface area contributed by atoms with Crippen molar-refractivity contribution >= 4 is 27.7 Å². The van der Waals surface area contributed by atoms with E-state index in [2.05, 4.69) is 47.2 Å². The molecule has 1 aliphatic rings. The molecule has 1 aliphatic carbocycles. The van der Waals surface area contributed by atoms with Crippen LogP contribution in [-0.4, -0.2) is 28.8 Å². The molecule has 5 heteroatoms. The molecule has 0 heterocycles. The number of aryl methyl sites for hydroxylation is 2. The van der Waals surface area contributed by atoms with E-state index in [4.69, 9.17) is 0 Å². The van der Waals surface area contributed by atoms with E-state index in [9.17, 15) is 9.59 Å². The zero-order valence-electron chi connectivity index (χ0n) is 18.8. The Morgan fingerprint density at radius 1 is 1.00 bits per heavy atom. The Bertz CT molecular complexity index is 904. The maximum atomic E-state index is 13.4. The molecule has 0 unspecified atom stereocenters. The summed E-state index contributed by atoms with van der Waals surface area (Å²) in [5.41, 5.74) is 4.37. The summed E-state index contributed by atoms with van der Waals surface area (Å²) in [6.45, 7) is 6.38. The summed E-state index contributed by atoms with van der Waals surface area (Å²) in [6, 6.07) is 13.7. The van der Waals surface area contributed by atoms with Gasteiger partial charge in [-0.3, -0.25) is 9.59 Å². The maximum Gasteiger partial charge on any atom is 0.242 e. The fourth-order valence-corrected chi connectivity index (χ4v) is 4.39. The highest BCUT2D eigenvalue weighted by Gasteiger charge is 2.28. The average Bonchev–Trinajstić information content (AvgIpc) is 2.76. The summed E-state index contributed by atoms with van der Waals surface area (Å²) in [6.07, 6.45) is 5.91. The third-order valence-corrected chi connectivity index (χ3v) is 6.84. The van der Waals surface area contributed by atoms with Crippen molar-refractivity contribution in [3.05, 3.63) is 69.2 Å². The van der Waals surface area contributed by atoms with Crippen LogP contribution in [0.4, 0.5) is 0 Å². The topological polar surface area (TPSA) is 49.4 Å². The third kappa shape index (κ3) is 6.67. The summed E-state index contributed by atoms with van der Waals surface area (Å²) < 4.78 is 0.993. The van der Waals surface area contributed by atoms with E-state index < -0.39 is 6.04 Å². The Kier molecular flexibility index (Phi) is 8.30. The van der Waals surface area contributed by atoms with Gasteiger partial charge in [-0.05, 0) is 68.0 Å². The molecule has 166 valence electrons. The molecular formula is C26H33BrN2O2. The summed E-state index contributed by atoms with van der Waals surface area (Å²) in [5, 5.41) is 3.19. The van der Waals surface area contributed by atoms with Crippen molar-refractivity contribution < 1.29 is 9.59 Å². The van der Waals surface area contributed by atoms with Gasteiger partial charge in [-0.25, -0.2) is 0 Å². The number of carbonyl (C=O) groups is 2. The molecule has 31 heavy (non-hydrogen) atoms. The van der Waals surface area contributed by atoms with Crippen molar-refractivity contribution in [2.75, 3.05) is 0 Å². The molecule has 0 saturated heterocycles. The molecule has 1 N–H and O–H groups in total. The number of hydrogen-bond acceptors (Lipinski definition) is 2. The van der Waals surface area contributed by atoms with Gasteiger partial charge in [0, 0.05) is 17.1 Å². The summed E-state index contributed by atoms with van der Waals surface area (Å²) in [5.74, 6) is -0.0880. The number of amides is 2. The van der Waals surface area contributed by atoms with E-state index in [1.807, 2.05) is 37.3 Å². The lowest BCUT2D eigenvalue weighted by atomic mass is 9.95. The Morgan fingerprint density at radius 2 is 1.65 bits per heavy atom. The molecule has 0 aromatic heterocycles. The van der Waals surface area contributed by atoms with Crippen molar-refractivity contribution in [3.8, 4) is 0 Å². The van der Waals surface area contributed by atoms with Crippen LogP contribution in [0.3, 0.4) is 0 Å². The molecule has 3 rings (SSSR count). The van der Waals surface area contributed by atoms with Crippen LogP contribution in [-0.2, 0) is 22.6 Å². The zero-order chi connectivity index (χ0) is 22.4. The third-order valence-electron chi connectivity index (χ3n) is 6.31. The number of halogens is 1. The molecule has 2 amide bonds. The Labute approximate surface area is 194 Å². The van der Waals surface area contributed by atoms with Gasteiger partial charge in [0.2, 0.25) is 11.8 Å². The van der Waals surface area contributed by atoms with Gasteiger partial charge in [-0.15, -0.1) is 0 Å². The lowest BCUT2D eigenvalue weighted by Crippen LogP contribution is -2.50. The van der Waals surface area contributed by atoms with Gasteiger partial charge in [0.1, 0.15) is 6.04 Å². The highest BCUT2D eigenvalue weighted by atomic mass is 79.9. The van der Waals surface area contributed by atoms with E-state index in [-0.39, 0.29) is 17.9 Å². The first-order valence-corrected chi connectivity index (χ1v) is 12.0. The summed E-state index contributed by atoms with van der Waals surface area (Å²) >= 11 is 3.46. The average molecular weight is 485 g/mol. The fourth-order valence-electron chi connectivity index (χ4n) is 4.13. The minimum atomic E-state index is -0.524. The Hall–Kier alpha value is -2.14. The molecule has 2 aromatic carbocycles. The van der Waals surface area contributed by atoms with E-state index in [0.717, 1.165) is 41.3 Å². The number of nitrogens with one attached hydrogen (secondary N) is 1. The van der Waals surface area contributed by atoms with Gasteiger partial charge < -0.3 is 10.2 Å². The number of benzene rings is 2. The first-order valence-electron chi connectivity index (χ1n) is 11.2. The molecule has 0 aliphatic heterocycles. The van der Waals surface area contributed by atoms with Gasteiger partial charge in [0.05, 0.1) is 6.42 Å². The molecule has 1 saturated carbocycles. The molecule has 2 aromatic rings. The Morgan fingerprint density at radius 3 is 2.29 bits per heavy atom. The molecule has 1 fully saturated rings. The first kappa shape index (κ1) is 23.5. The minimum Gasteiger partial charge on any atom is -0.352 e. The molecule has 0 spiro atoms. The predicted octanol–water partition coefficient (Wildman–Crippen LogP) is 5.47. The van der Waals surface area contributed by atoms with Crippen molar-refractivity contribution in [2.45, 2.75) is 77.9 Å². The van der Waals surface area contributed by atoms with Crippen LogP contribution in [0.1, 0.15) is 61.3 Å². The van der Waals surface area contributed by atoms with Crippen LogP contribution in [0.2, 0.25) is 0 Å². The molecule has 1 atom stereocenters. The predicted molar refractivity (Wildman–Crippen MR) is 129 cm³/mol. The molecule has 0 bridgehead atoms. The normalized spacial score (nSPS) is 15.4. The lowest BCUT2D eigenvalue weighted by Gasteiger charge is -2.31. The largest absolute Gasteiger partial charge is 0.352 e. The highest BCUT2D eigenvalue weighted by Crippen LogP contribution is 2.19. The molecule has 4 nitrogen and oxygen atoms in total. The van der Waals surface area contributed by atoms with Crippen LogP contribution in [0, 0.1) is 13.8 Å². The summed E-state index contributed by atoms with van der Waals surface area (Å²) in [4.78, 5) is 28.1. The second-order valence-corrected chi connectivity index (χ2v) is 9.68. The van der Waals surface area contributed by atoms with Gasteiger partial charge in [-0.1, -0.05) is 65.5 Å². The van der Waals surface area contributed by atoms with Crippen molar-refractivity contribution in [1.82, 2.24) is 10.2 Å². The monoisotopic (exact) mass is 484 g/mol. The number of nitrogens with zero attached hydrogens (tertiary/aromatic N) is 1. The van der Waals surface area contributed by atoms with Crippen LogP contribution in [0.5, 0.6) is 0 Å². The number of carbonyl (C=O) groups excluding carboxylic acids is 2. The number of hydrogen-bond donors (Lipinski definition) is 1. The Balaban J connectivity index is 1.76. The van der Waals surface area contributed by atoms with E-state index in [0.29, 0.717) is 13.0 Å². The first-order chi connectivity index (χ1) is 14.8. The second kappa shape index (κ2) is 10.9. The van der Waals surface area contributed by atoms with Gasteiger partial charge >= 0.3 is 0 Å². The maximum absolute atomic E-state index is 13.4. The van der Waals surface area contributed by atoms with Gasteiger partial charge in [0.25, 0.3) is 0 Å². The van der Waals surface area contributed by atoms with Crippen molar-refractivity contribution in [2.24, 2.45) is 0 Å². The van der Waals surface area contributed by atoms with Gasteiger partial charge in [0.15, 0.2) is 0 Å². The van der Waals surface area contributed by atoms with E-state index in [1.165, 1.54) is 17.5 Å². The fraction of sp³-hybridized carbons (Fsp3) is 0.462. The van der Waals surface area contributed by atoms with E-state index in [1.54, 1.807) is 4.90 Å². The van der Waals surface area contributed by atoms with E-state index >= 15 is 0 Å². The van der Waals surface area contributed by atoms with Crippen LogP contribution in [0.15, 0.2) is 46.9 Å². The minimum absolute atomic E-state index is 0.0301. The van der Waals surface area contributed by atoms with Crippen molar-refractivity contribution in [3.63, 3.8) is 0 Å².